The number of carbonyl (C=O) groups excluding carboxylic acids is 2. The number of fused-ring (bicyclic) bond motifs is 2. The van der Waals surface area contributed by atoms with Crippen molar-refractivity contribution < 1.29 is 73.1 Å². The Labute approximate surface area is 295 Å². The molecule has 4 unspecified atom stereocenters. The normalized spacial score (nSPS) is 16.1. The van der Waals surface area contributed by atoms with Gasteiger partial charge in [0.05, 0.1) is 24.2 Å². The lowest BCUT2D eigenvalue weighted by Gasteiger charge is -2.26. The molecule has 0 bridgehead atoms. The summed E-state index contributed by atoms with van der Waals surface area (Å²) in [6.07, 6.45) is -10.3. The van der Waals surface area contributed by atoms with Crippen LogP contribution < -0.4 is 27.3 Å². The number of aromatic nitrogens is 3. The first kappa shape index (κ1) is 42.1. The van der Waals surface area contributed by atoms with Gasteiger partial charge >= 0.3 is 31.4 Å². The summed E-state index contributed by atoms with van der Waals surface area (Å²) in [5.74, 6) is -6.76. The molecule has 24 heteroatoms. The van der Waals surface area contributed by atoms with E-state index < -0.39 is 130 Å². The van der Waals surface area contributed by atoms with E-state index in [0.717, 1.165) is 17.6 Å². The fourth-order valence-corrected chi connectivity index (χ4v) is 5.79. The van der Waals surface area contributed by atoms with Crippen molar-refractivity contribution >= 4 is 48.6 Å². The Kier molecular flexibility index (Phi) is 14.3. The smallest absolute Gasteiger partial charge is 0.473 e. The number of carboxylic acid groups (broad SMARTS) is 3. The third-order valence-corrected chi connectivity index (χ3v) is 8.66. The number of hydrogen-bond donors (Lipinski definition) is 11. The van der Waals surface area contributed by atoms with E-state index in [0.29, 0.717) is 5.56 Å². The summed E-state index contributed by atoms with van der Waals surface area (Å²) in [5.41, 5.74) is -1.91. The Hall–Kier alpha value is -5.29. The van der Waals surface area contributed by atoms with Gasteiger partial charge in [-0.05, 0) is 43.5 Å². The van der Waals surface area contributed by atoms with Gasteiger partial charge in [0, 0.05) is 18.9 Å². The zero-order valence-corrected chi connectivity index (χ0v) is 28.4. The second-order valence-corrected chi connectivity index (χ2v) is 13.0. The van der Waals surface area contributed by atoms with Crippen molar-refractivity contribution in [3.05, 3.63) is 55.3 Å². The highest BCUT2D eigenvalue weighted by Crippen LogP contribution is 2.44. The Morgan fingerprint density at radius 1 is 0.887 bits per heavy atom. The van der Waals surface area contributed by atoms with Crippen LogP contribution in [0, 0.1) is 0 Å². The maximum atomic E-state index is 12.5. The number of carbonyl (C=O) groups is 5. The summed E-state index contributed by atoms with van der Waals surface area (Å²) in [5, 5.41) is 63.0. The number of aliphatic hydroxyl groups is 3. The highest BCUT2D eigenvalue weighted by Gasteiger charge is 2.34. The number of hydrogen-bond acceptors (Lipinski definition) is 14. The van der Waals surface area contributed by atoms with Crippen molar-refractivity contribution in [2.75, 3.05) is 6.61 Å². The van der Waals surface area contributed by atoms with E-state index in [4.69, 9.17) is 10.2 Å². The van der Waals surface area contributed by atoms with E-state index in [-0.39, 0.29) is 16.7 Å². The highest BCUT2D eigenvalue weighted by molar-refractivity contribution is 7.47. The van der Waals surface area contributed by atoms with Gasteiger partial charge in [0.15, 0.2) is 5.43 Å². The van der Waals surface area contributed by atoms with Gasteiger partial charge in [0.1, 0.15) is 42.1 Å². The summed E-state index contributed by atoms with van der Waals surface area (Å²) >= 11 is 0. The maximum absolute atomic E-state index is 12.5. The standard InChI is InChI=1S/C29H36N5O18P/c1-12(25(42)31-17(28(46)47)4-6-21(38)30-16(27(44)45)5-7-22(39)40)52-53(49,50)51-11-20(37)23(41)19(36)10-34-18-9-14(35)3-2-13(18)8-15-24(34)32-29(48)33-26(15)43/h2-3,8-9,12,16-17,19-20,23,36-37,41H,4-7,10-11H2,1H3,(H,30,38)(H,31,42)(H,39,40)(H,44,45)(H,46,47)(H,49,50)(H2,32,33,43,48)/t12?,16?,17?,19-,20+,23-/m0/s1. The molecule has 53 heavy (non-hydrogen) atoms. The molecule has 0 fully saturated rings. The Morgan fingerprint density at radius 2 is 1.51 bits per heavy atom. The van der Waals surface area contributed by atoms with Crippen LogP contribution in [0.4, 0.5) is 0 Å². The molecule has 23 nitrogen and oxygen atoms in total. The fourth-order valence-electron chi connectivity index (χ4n) is 4.89. The minimum absolute atomic E-state index is 0.0585. The minimum Gasteiger partial charge on any atom is -0.481 e. The monoisotopic (exact) mass is 773 g/mol. The molecule has 2 amide bonds. The van der Waals surface area contributed by atoms with Crippen LogP contribution in [-0.4, -0.2) is 123 Å². The van der Waals surface area contributed by atoms with Crippen LogP contribution in [0.3, 0.4) is 0 Å². The third-order valence-electron chi connectivity index (χ3n) is 7.60. The van der Waals surface area contributed by atoms with Gasteiger partial charge in [-0.1, -0.05) is 0 Å². The fraction of sp³-hybridized carbons (Fsp3) is 0.448. The van der Waals surface area contributed by atoms with Gasteiger partial charge in [-0.2, -0.15) is 0 Å². The quantitative estimate of drug-likeness (QED) is 0.0399. The molecular formula is C29H36N5O18P. The number of H-pyrrole nitrogens is 2. The molecule has 0 saturated heterocycles. The molecule has 1 aliphatic heterocycles. The number of nitrogens with zero attached hydrogens (tertiary/aromatic N) is 1. The lowest BCUT2D eigenvalue weighted by atomic mass is 10.0. The van der Waals surface area contributed by atoms with Gasteiger partial charge in [-0.25, -0.2) is 18.9 Å². The average Bonchev–Trinajstić information content (AvgIpc) is 3.06. The minimum atomic E-state index is -5.25. The number of aliphatic carboxylic acids is 3. The maximum Gasteiger partial charge on any atom is 0.473 e. The van der Waals surface area contributed by atoms with Crippen LogP contribution in [0.15, 0.2) is 38.6 Å². The molecule has 7 atom stereocenters. The number of carboxylic acids is 3. The SMILES string of the molecule is CC(OP(=O)(O)OC[C@@H](O)[C@@H](O)[C@@H](O)Cn1c2cc(=O)ccc-2cc2c(=O)[nH]c(=O)[nH]c21)C(=O)NC(CCC(=O)NC(CCC(=O)O)C(=O)O)C(=O)O. The number of aliphatic hydroxyl groups excluding tert-OH is 3. The molecule has 2 heterocycles. The third kappa shape index (κ3) is 11.9. The number of benzene rings is 1. The molecule has 1 aliphatic carbocycles. The lowest BCUT2D eigenvalue weighted by molar-refractivity contribution is -0.144. The molecule has 0 saturated carbocycles. The zero-order valence-electron chi connectivity index (χ0n) is 27.5. The number of rotatable bonds is 20. The second kappa shape index (κ2) is 18.0. The number of phosphoric ester groups is 1. The van der Waals surface area contributed by atoms with Gasteiger partial charge < -0.3 is 50.7 Å². The number of pyridine rings is 1. The number of aromatic amines is 2. The van der Waals surface area contributed by atoms with E-state index in [1.54, 1.807) is 0 Å². The molecule has 2 aliphatic rings. The van der Waals surface area contributed by atoms with Crippen LogP contribution in [-0.2, 0) is 44.1 Å². The molecule has 1 aromatic heterocycles. The van der Waals surface area contributed by atoms with Crippen molar-refractivity contribution in [3.63, 3.8) is 0 Å². The topological polar surface area (TPSA) is 374 Å². The number of nitrogens with one attached hydrogen (secondary N) is 4. The summed E-state index contributed by atoms with van der Waals surface area (Å²) in [6, 6.07) is 1.70. The molecule has 11 N–H and O–H groups in total. The van der Waals surface area contributed by atoms with Gasteiger partial charge in [0.2, 0.25) is 11.8 Å². The lowest BCUT2D eigenvalue weighted by Crippen LogP contribution is -2.46. The Balaban J connectivity index is 1.59. The van der Waals surface area contributed by atoms with E-state index in [1.807, 2.05) is 15.6 Å². The molecule has 0 aromatic carbocycles. The van der Waals surface area contributed by atoms with E-state index in [9.17, 15) is 68.2 Å². The van der Waals surface area contributed by atoms with E-state index in [2.05, 4.69) is 14.0 Å². The van der Waals surface area contributed by atoms with Crippen LogP contribution in [0.1, 0.15) is 32.6 Å². The van der Waals surface area contributed by atoms with Gasteiger partial charge in [-0.15, -0.1) is 0 Å². The predicted molar refractivity (Wildman–Crippen MR) is 176 cm³/mol. The van der Waals surface area contributed by atoms with Crippen molar-refractivity contribution in [3.8, 4) is 11.3 Å². The van der Waals surface area contributed by atoms with Crippen LogP contribution in [0.5, 0.6) is 0 Å². The Morgan fingerprint density at radius 3 is 2.13 bits per heavy atom. The first-order valence-corrected chi connectivity index (χ1v) is 17.0. The second-order valence-electron chi connectivity index (χ2n) is 11.6. The van der Waals surface area contributed by atoms with Crippen molar-refractivity contribution in [2.24, 2.45) is 0 Å². The predicted octanol–water partition coefficient (Wildman–Crippen LogP) is -3.13. The summed E-state index contributed by atoms with van der Waals surface area (Å²) in [6.45, 7) is -0.910. The molecule has 3 rings (SSSR count). The molecule has 0 radical (unpaired) electrons. The van der Waals surface area contributed by atoms with Crippen molar-refractivity contribution in [1.29, 1.82) is 0 Å². The summed E-state index contributed by atoms with van der Waals surface area (Å²) in [4.78, 5) is 109. The summed E-state index contributed by atoms with van der Waals surface area (Å²) in [7, 11) is -5.25. The van der Waals surface area contributed by atoms with Crippen molar-refractivity contribution in [2.45, 2.75) is 75.7 Å². The van der Waals surface area contributed by atoms with Gasteiger partial charge in [0.25, 0.3) is 5.56 Å². The molecule has 0 spiro atoms. The molecular weight excluding hydrogens is 737 g/mol. The highest BCUT2D eigenvalue weighted by atomic mass is 31.2. The zero-order chi connectivity index (χ0) is 39.8. The molecule has 290 valence electrons. The summed E-state index contributed by atoms with van der Waals surface area (Å²) < 4.78 is 23.0. The van der Waals surface area contributed by atoms with E-state index >= 15 is 0 Å². The van der Waals surface area contributed by atoms with E-state index in [1.165, 1.54) is 18.2 Å². The number of amides is 2. The van der Waals surface area contributed by atoms with Gasteiger partial charge in [-0.3, -0.25) is 43.0 Å². The first-order chi connectivity index (χ1) is 24.7. The molecule has 1 aromatic rings. The first-order valence-electron chi connectivity index (χ1n) is 15.5. The van der Waals surface area contributed by atoms with Crippen molar-refractivity contribution in [1.82, 2.24) is 25.2 Å². The van der Waals surface area contributed by atoms with Crippen LogP contribution in [0.25, 0.3) is 22.3 Å². The Bertz CT molecular complexity index is 2040. The van der Waals surface area contributed by atoms with Crippen LogP contribution in [0.2, 0.25) is 0 Å². The van der Waals surface area contributed by atoms with Crippen LogP contribution >= 0.6 is 7.82 Å². The average molecular weight is 774 g/mol. The number of phosphoric acid groups is 1. The largest absolute Gasteiger partial charge is 0.481 e.